The number of esters is 2. The molecule has 9 heteroatoms. The van der Waals surface area contributed by atoms with Gasteiger partial charge in [0.1, 0.15) is 19.1 Å². The number of unbranched alkanes of at least 4 members (excludes halogenated alkanes) is 1. The summed E-state index contributed by atoms with van der Waals surface area (Å²) in [6, 6.07) is 10.9. The predicted molar refractivity (Wildman–Crippen MR) is 141 cm³/mol. The molecule has 0 aromatic heterocycles. The molecule has 0 N–H and O–H groups in total. The van der Waals surface area contributed by atoms with E-state index in [4.69, 9.17) is 14.2 Å². The number of hydrogen-bond acceptors (Lipinski definition) is 6. The summed E-state index contributed by atoms with van der Waals surface area (Å²) in [5.41, 5.74) is 0.678. The second-order valence-electron chi connectivity index (χ2n) is 8.12. The Labute approximate surface area is 227 Å². The molecule has 0 bridgehead atoms. The molecule has 1 atom stereocenters. The minimum Gasteiger partial charge on any atom is -0.468 e. The average molecular weight is 549 g/mol. The predicted octanol–water partition coefficient (Wildman–Crippen LogP) is 6.05. The number of ether oxygens (including phenoxy) is 3. The Morgan fingerprint density at radius 3 is 2.18 bits per heavy atom. The molecule has 1 unspecified atom stereocenters. The third kappa shape index (κ3) is 12.2. The molecule has 2 rings (SSSR count). The number of ketones is 1. The maximum atomic E-state index is 12.8. The van der Waals surface area contributed by atoms with E-state index in [1.165, 1.54) is 0 Å². The van der Waals surface area contributed by atoms with Crippen LogP contribution in [0.3, 0.4) is 0 Å². The van der Waals surface area contributed by atoms with E-state index in [0.717, 1.165) is 49.8 Å². The highest BCUT2D eigenvalue weighted by molar-refractivity contribution is 6.08. The number of rotatable bonds is 12. The van der Waals surface area contributed by atoms with Crippen LogP contribution in [-0.2, 0) is 36.4 Å². The smallest absolute Gasteiger partial charge is 0.416 e. The summed E-state index contributed by atoms with van der Waals surface area (Å²) in [5.74, 6) is 2.79. The molecule has 0 aliphatic heterocycles. The topological polar surface area (TPSA) is 78.9 Å². The maximum absolute atomic E-state index is 12.8. The van der Waals surface area contributed by atoms with E-state index in [9.17, 15) is 27.6 Å². The summed E-state index contributed by atoms with van der Waals surface area (Å²) in [6.07, 6.45) is -2.29. The largest absolute Gasteiger partial charge is 0.468 e. The van der Waals surface area contributed by atoms with Gasteiger partial charge in [-0.3, -0.25) is 9.59 Å². The summed E-state index contributed by atoms with van der Waals surface area (Å²) in [5, 5.41) is 0. The Balaban J connectivity index is 0.00000371. The van der Waals surface area contributed by atoms with E-state index in [1.54, 1.807) is 24.3 Å². The molecule has 2 aromatic rings. The van der Waals surface area contributed by atoms with Gasteiger partial charge in [0.2, 0.25) is 0 Å². The van der Waals surface area contributed by atoms with Gasteiger partial charge in [-0.25, -0.2) is 4.79 Å². The lowest BCUT2D eigenvalue weighted by Gasteiger charge is -2.14. The van der Waals surface area contributed by atoms with Crippen molar-refractivity contribution in [3.05, 3.63) is 70.8 Å². The summed E-state index contributed by atoms with van der Waals surface area (Å²) in [4.78, 5) is 36.5. The fraction of sp³-hybridized carbons (Fsp3) is 0.433. The standard InChI is InChI=1S/C28H29F3O6.C2H6/c1-3-4-18-37-25(32)19-36-17-5-6-20-7-9-21(10-8-20)11-16-24(27(34)35-2)26(33)22-12-14-23(15-13-22)28(29,30)31;1-2/h7-10,12-15,24H,3-4,11,16-19H2,1-2H3;1-2H3. The van der Waals surface area contributed by atoms with Crippen LogP contribution >= 0.6 is 0 Å². The number of methoxy groups -OCH3 is 1. The fourth-order valence-electron chi connectivity index (χ4n) is 3.28. The maximum Gasteiger partial charge on any atom is 0.416 e. The van der Waals surface area contributed by atoms with Gasteiger partial charge in [0, 0.05) is 11.1 Å². The first-order chi connectivity index (χ1) is 18.7. The van der Waals surface area contributed by atoms with E-state index in [-0.39, 0.29) is 25.2 Å². The third-order valence-corrected chi connectivity index (χ3v) is 5.36. The number of carbonyl (C=O) groups excluding carboxylic acids is 3. The van der Waals surface area contributed by atoms with Crippen LogP contribution in [0.25, 0.3) is 0 Å². The van der Waals surface area contributed by atoms with Gasteiger partial charge < -0.3 is 14.2 Å². The highest BCUT2D eigenvalue weighted by Gasteiger charge is 2.32. The molecule has 0 spiro atoms. The highest BCUT2D eigenvalue weighted by atomic mass is 19.4. The van der Waals surface area contributed by atoms with Gasteiger partial charge in [0.15, 0.2) is 5.78 Å². The van der Waals surface area contributed by atoms with Crippen molar-refractivity contribution in [3.63, 3.8) is 0 Å². The van der Waals surface area contributed by atoms with Crippen LogP contribution in [0.2, 0.25) is 0 Å². The van der Waals surface area contributed by atoms with Gasteiger partial charge in [-0.1, -0.05) is 63.3 Å². The van der Waals surface area contributed by atoms with Crippen LogP contribution in [0.1, 0.15) is 67.1 Å². The zero-order chi connectivity index (χ0) is 29.3. The molecule has 0 radical (unpaired) electrons. The van der Waals surface area contributed by atoms with E-state index in [0.29, 0.717) is 18.6 Å². The molecule has 0 saturated carbocycles. The van der Waals surface area contributed by atoms with Crippen molar-refractivity contribution in [2.75, 3.05) is 26.9 Å². The highest BCUT2D eigenvalue weighted by Crippen LogP contribution is 2.29. The van der Waals surface area contributed by atoms with E-state index in [1.807, 2.05) is 20.8 Å². The van der Waals surface area contributed by atoms with Crippen LogP contribution in [0, 0.1) is 17.8 Å². The average Bonchev–Trinajstić information content (AvgIpc) is 2.94. The summed E-state index contributed by atoms with van der Waals surface area (Å²) in [6.45, 7) is 6.28. The second-order valence-corrected chi connectivity index (χ2v) is 8.12. The van der Waals surface area contributed by atoms with Crippen LogP contribution in [0.5, 0.6) is 0 Å². The van der Waals surface area contributed by atoms with Gasteiger partial charge in [-0.05, 0) is 49.1 Å². The quantitative estimate of drug-likeness (QED) is 0.106. The molecule has 39 heavy (non-hydrogen) atoms. The SMILES string of the molecule is CC.CCCCOC(=O)COCC#Cc1ccc(CCC(C(=O)OC)C(=O)c2ccc(C(F)(F)F)cc2)cc1. The first kappa shape index (κ1) is 33.4. The number of carbonyl (C=O) groups is 3. The van der Waals surface area contributed by atoms with E-state index >= 15 is 0 Å². The molecule has 212 valence electrons. The van der Waals surface area contributed by atoms with Crippen LogP contribution in [0.4, 0.5) is 13.2 Å². The molecule has 0 saturated heterocycles. The molecule has 0 aliphatic rings. The lowest BCUT2D eigenvalue weighted by molar-refractivity contribution is -0.148. The third-order valence-electron chi connectivity index (χ3n) is 5.36. The molecular weight excluding hydrogens is 513 g/mol. The molecule has 0 fully saturated rings. The second kappa shape index (κ2) is 17.8. The first-order valence-electron chi connectivity index (χ1n) is 12.8. The Morgan fingerprint density at radius 1 is 0.974 bits per heavy atom. The minimum atomic E-state index is -4.52. The number of Topliss-reactive ketones (excluding diaryl/α,β-unsaturated/α-hetero) is 1. The van der Waals surface area contributed by atoms with Crippen molar-refractivity contribution in [1.82, 2.24) is 0 Å². The molecule has 0 heterocycles. The van der Waals surface area contributed by atoms with Crippen molar-refractivity contribution in [2.24, 2.45) is 5.92 Å². The number of benzene rings is 2. The van der Waals surface area contributed by atoms with E-state index < -0.39 is 35.4 Å². The summed E-state index contributed by atoms with van der Waals surface area (Å²) >= 11 is 0. The van der Waals surface area contributed by atoms with Gasteiger partial charge in [-0.2, -0.15) is 13.2 Å². The first-order valence-corrected chi connectivity index (χ1v) is 12.8. The lowest BCUT2D eigenvalue weighted by atomic mass is 9.91. The van der Waals surface area contributed by atoms with Crippen LogP contribution in [0.15, 0.2) is 48.5 Å². The molecule has 2 aromatic carbocycles. The Bertz CT molecular complexity index is 1100. The molecule has 0 aliphatic carbocycles. The lowest BCUT2D eigenvalue weighted by Crippen LogP contribution is -2.26. The number of alkyl halides is 3. The zero-order valence-corrected chi connectivity index (χ0v) is 22.7. The summed E-state index contributed by atoms with van der Waals surface area (Å²) in [7, 11) is 1.15. The number of halogens is 3. The van der Waals surface area contributed by atoms with Crippen LogP contribution in [-0.4, -0.2) is 44.7 Å². The Hall–Kier alpha value is -3.64. The number of aryl methyl sites for hydroxylation is 1. The van der Waals surface area contributed by atoms with E-state index in [2.05, 4.69) is 11.8 Å². The minimum absolute atomic E-state index is 0.00506. The fourth-order valence-corrected chi connectivity index (χ4v) is 3.28. The van der Waals surface area contributed by atoms with Crippen molar-refractivity contribution < 1.29 is 41.8 Å². The Kier molecular flexibility index (Phi) is 15.2. The normalized spacial score (nSPS) is 11.3. The van der Waals surface area contributed by atoms with Gasteiger partial charge in [0.05, 0.1) is 19.3 Å². The van der Waals surface area contributed by atoms with Crippen LogP contribution < -0.4 is 0 Å². The molecular formula is C30H35F3O6. The van der Waals surface area contributed by atoms with Crippen molar-refractivity contribution in [1.29, 1.82) is 0 Å². The van der Waals surface area contributed by atoms with Crippen molar-refractivity contribution in [3.8, 4) is 11.8 Å². The molecule has 6 nitrogen and oxygen atoms in total. The zero-order valence-electron chi connectivity index (χ0n) is 22.7. The molecule has 0 amide bonds. The Morgan fingerprint density at radius 2 is 1.62 bits per heavy atom. The monoisotopic (exact) mass is 548 g/mol. The summed E-state index contributed by atoms with van der Waals surface area (Å²) < 4.78 is 53.3. The van der Waals surface area contributed by atoms with Gasteiger partial charge in [0.25, 0.3) is 0 Å². The van der Waals surface area contributed by atoms with Crippen molar-refractivity contribution >= 4 is 17.7 Å². The van der Waals surface area contributed by atoms with Gasteiger partial charge >= 0.3 is 18.1 Å². The van der Waals surface area contributed by atoms with Crippen molar-refractivity contribution in [2.45, 2.75) is 52.6 Å². The van der Waals surface area contributed by atoms with Gasteiger partial charge in [-0.15, -0.1) is 0 Å². The number of hydrogen-bond donors (Lipinski definition) is 0.